The molecule has 0 spiro atoms. The van der Waals surface area contributed by atoms with Gasteiger partial charge in [-0.2, -0.15) is 0 Å². The van der Waals surface area contributed by atoms with Gasteiger partial charge in [0.2, 0.25) is 5.91 Å². The Hall–Kier alpha value is -0.580. The third-order valence-electron chi connectivity index (χ3n) is 1.22. The molecule has 0 aromatic rings. The van der Waals surface area contributed by atoms with Crippen molar-refractivity contribution in [3.05, 3.63) is 0 Å². The lowest BCUT2D eigenvalue weighted by Crippen LogP contribution is -2.31. The molecule has 1 unspecified atom stereocenters. The van der Waals surface area contributed by atoms with Gasteiger partial charge in [0, 0.05) is 6.54 Å². The van der Waals surface area contributed by atoms with Crippen molar-refractivity contribution in [1.82, 2.24) is 5.32 Å². The Morgan fingerprint density at radius 2 is 2.17 bits per heavy atom. The average molecular weight is 238 g/mol. The largest absolute Gasteiger partial charge is 0.469 e. The average Bonchev–Trinajstić information content (AvgIpc) is 2.03. The van der Waals surface area contributed by atoms with Crippen LogP contribution in [0.2, 0.25) is 0 Å². The Balaban J connectivity index is 3.44. The number of hydrogen-bond donors (Lipinski definition) is 1. The molecule has 0 rings (SSSR count). The number of methoxy groups -OCH3 is 1. The van der Waals surface area contributed by atoms with Gasteiger partial charge in [-0.05, 0) is 6.92 Å². The highest BCUT2D eigenvalue weighted by molar-refractivity contribution is 9.10. The first-order chi connectivity index (χ1) is 5.57. The maximum absolute atomic E-state index is 10.9. The summed E-state index contributed by atoms with van der Waals surface area (Å²) in [6, 6.07) is 0. The fourth-order valence-corrected chi connectivity index (χ4v) is 0.692. The topological polar surface area (TPSA) is 55.4 Å². The molecule has 0 radical (unpaired) electrons. The van der Waals surface area contributed by atoms with Crippen molar-refractivity contribution < 1.29 is 14.3 Å². The number of amides is 1. The molecular weight excluding hydrogens is 226 g/mol. The fourth-order valence-electron chi connectivity index (χ4n) is 0.530. The summed E-state index contributed by atoms with van der Waals surface area (Å²) in [4.78, 5) is 21.3. The highest BCUT2D eigenvalue weighted by atomic mass is 79.9. The normalized spacial score (nSPS) is 11.9. The Kier molecular flexibility index (Phi) is 5.70. The minimum atomic E-state index is -0.322. The number of hydrogen-bond acceptors (Lipinski definition) is 3. The lowest BCUT2D eigenvalue weighted by molar-refractivity contribution is -0.140. The van der Waals surface area contributed by atoms with E-state index in [1.54, 1.807) is 6.92 Å². The number of alkyl halides is 1. The Morgan fingerprint density at radius 3 is 2.58 bits per heavy atom. The molecule has 0 saturated carbocycles. The van der Waals surface area contributed by atoms with Crippen LogP contribution in [0.5, 0.6) is 0 Å². The molecule has 0 aliphatic rings. The highest BCUT2D eigenvalue weighted by Crippen LogP contribution is 1.95. The van der Waals surface area contributed by atoms with E-state index in [9.17, 15) is 9.59 Å². The maximum atomic E-state index is 10.9. The van der Waals surface area contributed by atoms with E-state index < -0.39 is 0 Å². The summed E-state index contributed by atoms with van der Waals surface area (Å²) in [5, 5.41) is 2.56. The maximum Gasteiger partial charge on any atom is 0.307 e. The summed E-state index contributed by atoms with van der Waals surface area (Å²) in [5.74, 6) is -0.448. The van der Waals surface area contributed by atoms with E-state index in [4.69, 9.17) is 0 Å². The monoisotopic (exact) mass is 237 g/mol. The standard InChI is InChI=1S/C7H12BrNO3/c1-5(8)7(11)9-4-3-6(10)12-2/h5H,3-4H2,1-2H3,(H,9,11). The number of nitrogens with one attached hydrogen (secondary N) is 1. The molecule has 0 saturated heterocycles. The van der Waals surface area contributed by atoms with Gasteiger partial charge in [0.15, 0.2) is 0 Å². The molecule has 0 bridgehead atoms. The van der Waals surface area contributed by atoms with Crippen LogP contribution in [0.1, 0.15) is 13.3 Å². The van der Waals surface area contributed by atoms with Gasteiger partial charge in [-0.15, -0.1) is 0 Å². The van der Waals surface area contributed by atoms with Crippen LogP contribution in [0.4, 0.5) is 0 Å². The minimum absolute atomic E-state index is 0.126. The molecule has 70 valence electrons. The zero-order chi connectivity index (χ0) is 9.56. The Bertz CT molecular complexity index is 170. The molecule has 4 nitrogen and oxygen atoms in total. The summed E-state index contributed by atoms with van der Waals surface area (Å²) >= 11 is 3.10. The molecule has 1 N–H and O–H groups in total. The predicted molar refractivity (Wildman–Crippen MR) is 48.0 cm³/mol. The smallest absolute Gasteiger partial charge is 0.307 e. The second-order valence-corrected chi connectivity index (χ2v) is 3.61. The van der Waals surface area contributed by atoms with Crippen LogP contribution in [-0.4, -0.2) is 30.4 Å². The molecule has 12 heavy (non-hydrogen) atoms. The van der Waals surface area contributed by atoms with E-state index in [0.717, 1.165) is 0 Å². The van der Waals surface area contributed by atoms with Crippen molar-refractivity contribution in [3.8, 4) is 0 Å². The molecule has 0 fully saturated rings. The second kappa shape index (κ2) is 5.99. The van der Waals surface area contributed by atoms with E-state index in [-0.39, 0.29) is 23.1 Å². The number of ether oxygens (including phenoxy) is 1. The van der Waals surface area contributed by atoms with E-state index >= 15 is 0 Å². The molecular formula is C7H12BrNO3. The number of rotatable bonds is 4. The quantitative estimate of drug-likeness (QED) is 0.571. The first-order valence-electron chi connectivity index (χ1n) is 3.56. The third-order valence-corrected chi connectivity index (χ3v) is 1.63. The summed E-state index contributed by atoms with van der Waals surface area (Å²) in [7, 11) is 1.32. The second-order valence-electron chi connectivity index (χ2n) is 2.23. The zero-order valence-corrected chi connectivity index (χ0v) is 8.68. The Morgan fingerprint density at radius 1 is 1.58 bits per heavy atom. The van der Waals surface area contributed by atoms with Gasteiger partial charge in [0.25, 0.3) is 0 Å². The van der Waals surface area contributed by atoms with Crippen LogP contribution in [0, 0.1) is 0 Å². The molecule has 0 aliphatic carbocycles. The number of carbonyl (C=O) groups is 2. The summed E-state index contributed by atoms with van der Waals surface area (Å²) in [6.07, 6.45) is 0.210. The van der Waals surface area contributed by atoms with Gasteiger partial charge in [0.1, 0.15) is 0 Å². The number of halogens is 1. The molecule has 5 heteroatoms. The molecule has 1 amide bonds. The van der Waals surface area contributed by atoms with Crippen LogP contribution in [0.3, 0.4) is 0 Å². The van der Waals surface area contributed by atoms with Crippen molar-refractivity contribution in [2.24, 2.45) is 0 Å². The predicted octanol–water partition coefficient (Wildman–Crippen LogP) is 0.449. The van der Waals surface area contributed by atoms with Gasteiger partial charge < -0.3 is 10.1 Å². The lowest BCUT2D eigenvalue weighted by atomic mass is 10.4. The Labute approximate surface area is 79.8 Å². The van der Waals surface area contributed by atoms with E-state index in [2.05, 4.69) is 26.0 Å². The SMILES string of the molecule is COC(=O)CCNC(=O)C(C)Br. The highest BCUT2D eigenvalue weighted by Gasteiger charge is 2.08. The van der Waals surface area contributed by atoms with Crippen LogP contribution in [0.25, 0.3) is 0 Å². The van der Waals surface area contributed by atoms with Crippen molar-refractivity contribution in [2.75, 3.05) is 13.7 Å². The molecule has 1 atom stereocenters. The number of carbonyl (C=O) groups excluding carboxylic acids is 2. The van der Waals surface area contributed by atoms with Crippen LogP contribution >= 0.6 is 15.9 Å². The first kappa shape index (κ1) is 11.4. The molecule has 0 aliphatic heterocycles. The minimum Gasteiger partial charge on any atom is -0.469 e. The van der Waals surface area contributed by atoms with Crippen molar-refractivity contribution >= 4 is 27.8 Å². The summed E-state index contributed by atoms with van der Waals surface area (Å²) in [6.45, 7) is 2.04. The first-order valence-corrected chi connectivity index (χ1v) is 4.48. The van der Waals surface area contributed by atoms with E-state index in [1.165, 1.54) is 7.11 Å². The zero-order valence-electron chi connectivity index (χ0n) is 7.09. The van der Waals surface area contributed by atoms with Crippen LogP contribution < -0.4 is 5.32 Å². The third kappa shape index (κ3) is 5.12. The number of esters is 1. The fraction of sp³-hybridized carbons (Fsp3) is 0.714. The molecule has 0 aromatic carbocycles. The van der Waals surface area contributed by atoms with E-state index in [1.807, 2.05) is 0 Å². The van der Waals surface area contributed by atoms with Gasteiger partial charge in [0.05, 0.1) is 18.4 Å². The van der Waals surface area contributed by atoms with E-state index in [0.29, 0.717) is 6.54 Å². The lowest BCUT2D eigenvalue weighted by Gasteiger charge is -2.04. The van der Waals surface area contributed by atoms with Crippen molar-refractivity contribution in [1.29, 1.82) is 0 Å². The van der Waals surface area contributed by atoms with Gasteiger partial charge in [-0.1, -0.05) is 15.9 Å². The summed E-state index contributed by atoms with van der Waals surface area (Å²) < 4.78 is 4.39. The molecule has 0 heterocycles. The summed E-state index contributed by atoms with van der Waals surface area (Å²) in [5.41, 5.74) is 0. The molecule has 0 aromatic heterocycles. The van der Waals surface area contributed by atoms with Gasteiger partial charge in [-0.3, -0.25) is 9.59 Å². The van der Waals surface area contributed by atoms with Gasteiger partial charge in [-0.25, -0.2) is 0 Å². The van der Waals surface area contributed by atoms with Crippen molar-refractivity contribution in [3.63, 3.8) is 0 Å². The van der Waals surface area contributed by atoms with Gasteiger partial charge >= 0.3 is 5.97 Å². The van der Waals surface area contributed by atoms with Crippen molar-refractivity contribution in [2.45, 2.75) is 18.2 Å². The van der Waals surface area contributed by atoms with Crippen LogP contribution in [-0.2, 0) is 14.3 Å². The van der Waals surface area contributed by atoms with Crippen LogP contribution in [0.15, 0.2) is 0 Å².